The number of nitrogens with one attached hydrogen (secondary N) is 2. The second-order valence-corrected chi connectivity index (χ2v) is 7.44. The molecule has 0 radical (unpaired) electrons. The number of amides is 3. The van der Waals surface area contributed by atoms with Crippen LogP contribution in [0.5, 0.6) is 0 Å². The summed E-state index contributed by atoms with van der Waals surface area (Å²) in [6.07, 6.45) is -1.28. The summed E-state index contributed by atoms with van der Waals surface area (Å²) in [7, 11) is 0. The molecule has 2 heterocycles. The topological polar surface area (TPSA) is 137 Å². The highest BCUT2D eigenvalue weighted by Crippen LogP contribution is 2.27. The third-order valence-electron chi connectivity index (χ3n) is 4.94. The summed E-state index contributed by atoms with van der Waals surface area (Å²) in [4.78, 5) is 42.7. The number of urea groups is 1. The Bertz CT molecular complexity index is 938. The molecule has 1 aliphatic heterocycles. The van der Waals surface area contributed by atoms with E-state index < -0.39 is 36.1 Å². The van der Waals surface area contributed by atoms with Gasteiger partial charge in [-0.2, -0.15) is 0 Å². The van der Waals surface area contributed by atoms with Crippen molar-refractivity contribution in [3.63, 3.8) is 0 Å². The summed E-state index contributed by atoms with van der Waals surface area (Å²) in [5.41, 5.74) is 1.71. The van der Waals surface area contributed by atoms with Gasteiger partial charge in [-0.05, 0) is 25.0 Å². The minimum Gasteiger partial charge on any atom is -0.480 e. The van der Waals surface area contributed by atoms with Crippen LogP contribution in [0.15, 0.2) is 24.3 Å². The van der Waals surface area contributed by atoms with Crippen LogP contribution in [0.4, 0.5) is 10.7 Å². The molecule has 1 aliphatic rings. The first-order valence-electron chi connectivity index (χ1n) is 9.45. The summed E-state index contributed by atoms with van der Waals surface area (Å²) in [5.74, 6) is -1.83. The van der Waals surface area contributed by atoms with Gasteiger partial charge in [0.2, 0.25) is 11.9 Å². The van der Waals surface area contributed by atoms with Gasteiger partial charge in [-0.15, -0.1) is 0 Å². The maximum absolute atomic E-state index is 12.9. The van der Waals surface area contributed by atoms with E-state index in [9.17, 15) is 19.5 Å². The molecule has 0 bridgehead atoms. The first-order valence-corrected chi connectivity index (χ1v) is 9.45. The Morgan fingerprint density at radius 1 is 1.07 bits per heavy atom. The van der Waals surface area contributed by atoms with Crippen molar-refractivity contribution < 1.29 is 24.6 Å². The number of carboxylic acids is 1. The highest BCUT2D eigenvalue weighted by Gasteiger charge is 2.34. The fourth-order valence-corrected chi connectivity index (χ4v) is 3.36. The molecule has 2 aromatic rings. The van der Waals surface area contributed by atoms with E-state index in [1.165, 1.54) is 11.8 Å². The Morgan fingerprint density at radius 3 is 2.38 bits per heavy atom. The van der Waals surface area contributed by atoms with Gasteiger partial charge in [-0.3, -0.25) is 9.69 Å². The van der Waals surface area contributed by atoms with Gasteiger partial charge in [0, 0.05) is 13.1 Å². The molecule has 3 amide bonds. The summed E-state index contributed by atoms with van der Waals surface area (Å²) < 4.78 is 1.94. The van der Waals surface area contributed by atoms with Crippen molar-refractivity contribution >= 4 is 34.9 Å². The largest absolute Gasteiger partial charge is 0.480 e. The van der Waals surface area contributed by atoms with E-state index in [2.05, 4.69) is 15.6 Å². The number of para-hydroxylation sites is 2. The molecule has 1 aromatic heterocycles. The van der Waals surface area contributed by atoms with Crippen molar-refractivity contribution in [3.05, 3.63) is 24.3 Å². The zero-order valence-electron chi connectivity index (χ0n) is 16.5. The number of nitrogens with zero attached hydrogens (tertiary/aromatic N) is 3. The van der Waals surface area contributed by atoms with Crippen LogP contribution < -0.4 is 15.5 Å². The van der Waals surface area contributed by atoms with Crippen LogP contribution in [-0.4, -0.2) is 62.4 Å². The highest BCUT2D eigenvalue weighted by molar-refractivity contribution is 5.97. The number of anilines is 1. The van der Waals surface area contributed by atoms with Gasteiger partial charge in [-0.1, -0.05) is 26.0 Å². The zero-order chi connectivity index (χ0) is 21.3. The molecule has 29 heavy (non-hydrogen) atoms. The SMILES string of the molecule is CC(C)[C@H](NC(=O)N1CCn2c1nc1ccccc12)C(=O)N[C@H](C(=O)O)[C@H](C)O. The van der Waals surface area contributed by atoms with Crippen molar-refractivity contribution in [2.45, 2.75) is 45.5 Å². The van der Waals surface area contributed by atoms with Crippen LogP contribution in [0.25, 0.3) is 11.0 Å². The number of hydrogen-bond donors (Lipinski definition) is 4. The van der Waals surface area contributed by atoms with Crippen molar-refractivity contribution in [2.24, 2.45) is 5.92 Å². The number of aliphatic hydroxyl groups excluding tert-OH is 1. The first kappa shape index (κ1) is 20.6. The summed E-state index contributed by atoms with van der Waals surface area (Å²) in [6, 6.07) is 4.65. The highest BCUT2D eigenvalue weighted by atomic mass is 16.4. The minimum atomic E-state index is -1.46. The molecule has 10 nitrogen and oxygen atoms in total. The van der Waals surface area contributed by atoms with E-state index in [-0.39, 0.29) is 5.92 Å². The Labute approximate surface area is 167 Å². The maximum Gasteiger partial charge on any atom is 0.328 e. The number of hydrogen-bond acceptors (Lipinski definition) is 5. The number of carbonyl (C=O) groups excluding carboxylic acids is 2. The number of aromatic nitrogens is 2. The maximum atomic E-state index is 12.9. The lowest BCUT2D eigenvalue weighted by Crippen LogP contribution is -2.58. The molecular formula is C19H25N5O5. The van der Waals surface area contributed by atoms with Crippen LogP contribution >= 0.6 is 0 Å². The van der Waals surface area contributed by atoms with Crippen LogP contribution in [0.2, 0.25) is 0 Å². The van der Waals surface area contributed by atoms with Crippen molar-refractivity contribution in [1.82, 2.24) is 20.2 Å². The van der Waals surface area contributed by atoms with Crippen LogP contribution in [0.1, 0.15) is 20.8 Å². The average Bonchev–Trinajstić information content (AvgIpc) is 3.22. The van der Waals surface area contributed by atoms with Gasteiger partial charge >= 0.3 is 12.0 Å². The zero-order valence-corrected chi connectivity index (χ0v) is 16.5. The molecule has 0 saturated heterocycles. The van der Waals surface area contributed by atoms with Crippen molar-refractivity contribution in [1.29, 1.82) is 0 Å². The van der Waals surface area contributed by atoms with Gasteiger partial charge in [-0.25, -0.2) is 14.6 Å². The molecule has 10 heteroatoms. The second kappa shape index (κ2) is 8.08. The molecule has 1 aromatic carbocycles. The number of aliphatic hydroxyl groups is 1. The second-order valence-electron chi connectivity index (χ2n) is 7.44. The summed E-state index contributed by atoms with van der Waals surface area (Å²) >= 11 is 0. The number of imidazole rings is 1. The molecule has 0 unspecified atom stereocenters. The first-order chi connectivity index (χ1) is 13.7. The number of benzene rings is 1. The lowest BCUT2D eigenvalue weighted by molar-refractivity contribution is -0.145. The fourth-order valence-electron chi connectivity index (χ4n) is 3.36. The third kappa shape index (κ3) is 4.02. The Balaban J connectivity index is 1.76. The smallest absolute Gasteiger partial charge is 0.328 e. The summed E-state index contributed by atoms with van der Waals surface area (Å²) in [6.45, 7) is 5.75. The van der Waals surface area contributed by atoms with Gasteiger partial charge in [0.1, 0.15) is 6.04 Å². The Kier molecular flexibility index (Phi) is 5.73. The molecule has 156 valence electrons. The van der Waals surface area contributed by atoms with E-state index in [0.717, 1.165) is 11.0 Å². The number of aliphatic carboxylic acids is 1. The van der Waals surface area contributed by atoms with Crippen LogP contribution in [-0.2, 0) is 16.1 Å². The average molecular weight is 403 g/mol. The monoisotopic (exact) mass is 403 g/mol. The lowest BCUT2D eigenvalue weighted by Gasteiger charge is -2.26. The molecule has 0 fully saturated rings. The normalized spacial score (nSPS) is 16.4. The van der Waals surface area contributed by atoms with Gasteiger partial charge in [0.05, 0.1) is 17.1 Å². The molecule has 3 rings (SSSR count). The van der Waals surface area contributed by atoms with E-state index in [1.807, 2.05) is 28.8 Å². The molecule has 3 atom stereocenters. The van der Waals surface area contributed by atoms with Crippen molar-refractivity contribution in [2.75, 3.05) is 11.4 Å². The van der Waals surface area contributed by atoms with E-state index in [0.29, 0.717) is 19.0 Å². The third-order valence-corrected chi connectivity index (χ3v) is 4.94. The van der Waals surface area contributed by atoms with Crippen LogP contribution in [0, 0.1) is 5.92 Å². The number of carboxylic acid groups (broad SMARTS) is 1. The lowest BCUT2D eigenvalue weighted by atomic mass is 10.0. The Morgan fingerprint density at radius 2 is 1.76 bits per heavy atom. The number of fused-ring (bicyclic) bond motifs is 3. The number of carbonyl (C=O) groups is 3. The predicted octanol–water partition coefficient (Wildman–Crippen LogP) is 0.541. The van der Waals surface area contributed by atoms with Crippen LogP contribution in [0.3, 0.4) is 0 Å². The van der Waals surface area contributed by atoms with E-state index in [1.54, 1.807) is 13.8 Å². The molecular weight excluding hydrogens is 378 g/mol. The molecule has 0 spiro atoms. The van der Waals surface area contributed by atoms with Gasteiger partial charge < -0.3 is 25.4 Å². The minimum absolute atomic E-state index is 0.302. The Hall–Kier alpha value is -3.14. The van der Waals surface area contributed by atoms with Gasteiger partial charge in [0.25, 0.3) is 0 Å². The predicted molar refractivity (Wildman–Crippen MR) is 105 cm³/mol. The summed E-state index contributed by atoms with van der Waals surface area (Å²) in [5, 5.41) is 23.7. The fraction of sp³-hybridized carbons (Fsp3) is 0.474. The van der Waals surface area contributed by atoms with E-state index in [4.69, 9.17) is 5.11 Å². The number of rotatable bonds is 6. The molecule has 0 aliphatic carbocycles. The molecule has 0 saturated carbocycles. The van der Waals surface area contributed by atoms with E-state index >= 15 is 0 Å². The van der Waals surface area contributed by atoms with Crippen molar-refractivity contribution in [3.8, 4) is 0 Å². The molecule has 4 N–H and O–H groups in total. The standard InChI is InChI=1S/C19H25N5O5/c1-10(2)14(16(26)21-15(11(3)25)17(27)28)22-19(29)24-9-8-23-13-7-5-4-6-12(13)20-18(23)24/h4-7,10-11,14-15,25H,8-9H2,1-3H3,(H,21,26)(H,22,29)(H,27,28)/t11-,14-,15-/m0/s1. The quantitative estimate of drug-likeness (QED) is 0.556. The van der Waals surface area contributed by atoms with Gasteiger partial charge in [0.15, 0.2) is 6.04 Å².